The molecule has 3 rings (SSSR count). The molecule has 2 heterocycles. The smallest absolute Gasteiger partial charge is 0.367 e. The fourth-order valence-corrected chi connectivity index (χ4v) is 2.95. The molecule has 7 heteroatoms. The first-order valence-electron chi connectivity index (χ1n) is 7.51. The highest BCUT2D eigenvalue weighted by molar-refractivity contribution is 6.30. The fourth-order valence-electron chi connectivity index (χ4n) is 2.75. The van der Waals surface area contributed by atoms with E-state index in [0.29, 0.717) is 5.56 Å². The molecule has 0 spiro atoms. The van der Waals surface area contributed by atoms with Gasteiger partial charge in [0, 0.05) is 24.3 Å². The monoisotopic (exact) mass is 356 g/mol. The molecule has 3 nitrogen and oxygen atoms in total. The van der Waals surface area contributed by atoms with Crippen LogP contribution in [0.3, 0.4) is 0 Å². The number of halogens is 4. The molecule has 0 saturated carbocycles. The van der Waals surface area contributed by atoms with Crippen molar-refractivity contribution in [3.8, 4) is 0 Å². The van der Waals surface area contributed by atoms with Crippen LogP contribution in [0.1, 0.15) is 16.7 Å². The van der Waals surface area contributed by atoms with Crippen LogP contribution >= 0.6 is 11.6 Å². The van der Waals surface area contributed by atoms with Crippen molar-refractivity contribution in [2.45, 2.75) is 25.7 Å². The quantitative estimate of drug-likeness (QED) is 0.813. The van der Waals surface area contributed by atoms with Gasteiger partial charge in [0.25, 0.3) is 0 Å². The van der Waals surface area contributed by atoms with E-state index in [0.717, 1.165) is 30.2 Å². The zero-order chi connectivity index (χ0) is 17.2. The van der Waals surface area contributed by atoms with Gasteiger partial charge in [0.05, 0.1) is 18.5 Å². The SMILES string of the molecule is FC(F)(F)COCc1cncc(N2CCc3cc(Cl)ccc3C2)c1. The Morgan fingerprint density at radius 3 is 2.79 bits per heavy atom. The summed E-state index contributed by atoms with van der Waals surface area (Å²) in [5, 5.41) is 0.729. The van der Waals surface area contributed by atoms with Crippen molar-refractivity contribution in [1.29, 1.82) is 0 Å². The first-order chi connectivity index (χ1) is 11.4. The predicted octanol–water partition coefficient (Wildman–Crippen LogP) is 4.38. The normalized spacial score (nSPS) is 14.6. The maximum atomic E-state index is 12.1. The van der Waals surface area contributed by atoms with E-state index < -0.39 is 12.8 Å². The van der Waals surface area contributed by atoms with E-state index in [1.54, 1.807) is 6.20 Å². The van der Waals surface area contributed by atoms with E-state index in [1.165, 1.54) is 17.3 Å². The summed E-state index contributed by atoms with van der Waals surface area (Å²) in [6.07, 6.45) is -0.209. The summed E-state index contributed by atoms with van der Waals surface area (Å²) < 4.78 is 41.1. The maximum Gasteiger partial charge on any atom is 0.411 e. The molecule has 0 atom stereocenters. The number of hydrogen-bond donors (Lipinski definition) is 0. The lowest BCUT2D eigenvalue weighted by molar-refractivity contribution is -0.176. The molecular weight excluding hydrogens is 341 g/mol. The molecule has 0 bridgehead atoms. The van der Waals surface area contributed by atoms with Crippen molar-refractivity contribution in [2.24, 2.45) is 0 Å². The second kappa shape index (κ2) is 6.99. The highest BCUT2D eigenvalue weighted by Crippen LogP contribution is 2.26. The van der Waals surface area contributed by atoms with Crippen LogP contribution in [0.2, 0.25) is 5.02 Å². The van der Waals surface area contributed by atoms with E-state index in [2.05, 4.69) is 9.88 Å². The van der Waals surface area contributed by atoms with Gasteiger partial charge in [-0.1, -0.05) is 17.7 Å². The van der Waals surface area contributed by atoms with Crippen LogP contribution in [0.4, 0.5) is 18.9 Å². The average molecular weight is 357 g/mol. The summed E-state index contributed by atoms with van der Waals surface area (Å²) in [5.74, 6) is 0. The van der Waals surface area contributed by atoms with Gasteiger partial charge in [-0.3, -0.25) is 4.98 Å². The van der Waals surface area contributed by atoms with Gasteiger partial charge in [-0.15, -0.1) is 0 Å². The summed E-state index contributed by atoms with van der Waals surface area (Å²) in [7, 11) is 0. The molecule has 1 aliphatic heterocycles. The molecule has 0 saturated heterocycles. The van der Waals surface area contributed by atoms with Crippen molar-refractivity contribution in [3.63, 3.8) is 0 Å². The number of anilines is 1. The zero-order valence-electron chi connectivity index (χ0n) is 12.8. The first kappa shape index (κ1) is 17.0. The van der Waals surface area contributed by atoms with Gasteiger partial charge in [-0.25, -0.2) is 0 Å². The summed E-state index contributed by atoms with van der Waals surface area (Å²) in [6, 6.07) is 7.68. The lowest BCUT2D eigenvalue weighted by Crippen LogP contribution is -2.30. The van der Waals surface area contributed by atoms with Crippen LogP contribution in [0.15, 0.2) is 36.7 Å². The number of rotatable bonds is 4. The molecular formula is C17H16ClF3N2O. The molecule has 0 aliphatic carbocycles. The van der Waals surface area contributed by atoms with Gasteiger partial charge in [-0.05, 0) is 41.3 Å². The summed E-state index contributed by atoms with van der Waals surface area (Å²) >= 11 is 6.01. The Kier molecular flexibility index (Phi) is 4.96. The van der Waals surface area contributed by atoms with E-state index in [-0.39, 0.29) is 6.61 Å². The van der Waals surface area contributed by atoms with E-state index in [4.69, 9.17) is 16.3 Å². The van der Waals surface area contributed by atoms with Crippen LogP contribution in [0.25, 0.3) is 0 Å². The van der Waals surface area contributed by atoms with Crippen molar-refractivity contribution >= 4 is 17.3 Å². The minimum Gasteiger partial charge on any atom is -0.367 e. The van der Waals surface area contributed by atoms with Gasteiger partial charge in [0.15, 0.2) is 0 Å². The van der Waals surface area contributed by atoms with E-state index >= 15 is 0 Å². The third-order valence-corrected chi connectivity index (χ3v) is 4.10. The number of nitrogens with zero attached hydrogens (tertiary/aromatic N) is 2. The fraction of sp³-hybridized carbons (Fsp3) is 0.353. The molecule has 128 valence electrons. The third-order valence-electron chi connectivity index (χ3n) is 3.86. The Morgan fingerprint density at radius 1 is 1.17 bits per heavy atom. The minimum absolute atomic E-state index is 0.111. The van der Waals surface area contributed by atoms with Crippen LogP contribution in [-0.2, 0) is 24.3 Å². The lowest BCUT2D eigenvalue weighted by atomic mass is 9.99. The molecule has 0 fully saturated rings. The molecule has 0 amide bonds. The van der Waals surface area contributed by atoms with Crippen molar-refractivity contribution < 1.29 is 17.9 Å². The minimum atomic E-state index is -4.32. The van der Waals surface area contributed by atoms with Gasteiger partial charge >= 0.3 is 6.18 Å². The Hall–Kier alpha value is -1.79. The summed E-state index contributed by atoms with van der Waals surface area (Å²) in [5.41, 5.74) is 3.93. The number of fused-ring (bicyclic) bond motifs is 1. The van der Waals surface area contributed by atoms with Crippen molar-refractivity contribution in [1.82, 2.24) is 4.98 Å². The highest BCUT2D eigenvalue weighted by Gasteiger charge is 2.27. The van der Waals surface area contributed by atoms with Crippen LogP contribution in [0, 0.1) is 0 Å². The number of ether oxygens (including phenoxy) is 1. The predicted molar refractivity (Wildman–Crippen MR) is 86.2 cm³/mol. The summed E-state index contributed by atoms with van der Waals surface area (Å²) in [6.45, 7) is 0.165. The van der Waals surface area contributed by atoms with Gasteiger partial charge in [0.1, 0.15) is 6.61 Å². The average Bonchev–Trinajstić information content (AvgIpc) is 2.53. The van der Waals surface area contributed by atoms with Crippen LogP contribution < -0.4 is 4.90 Å². The largest absolute Gasteiger partial charge is 0.411 e. The van der Waals surface area contributed by atoms with Gasteiger partial charge in [-0.2, -0.15) is 13.2 Å². The van der Waals surface area contributed by atoms with E-state index in [1.807, 2.05) is 24.3 Å². The molecule has 24 heavy (non-hydrogen) atoms. The summed E-state index contributed by atoms with van der Waals surface area (Å²) in [4.78, 5) is 6.27. The highest BCUT2D eigenvalue weighted by atomic mass is 35.5. The topological polar surface area (TPSA) is 25.4 Å². The molecule has 0 radical (unpaired) electrons. The number of hydrogen-bond acceptors (Lipinski definition) is 3. The van der Waals surface area contributed by atoms with Gasteiger partial charge < -0.3 is 9.64 Å². The Balaban J connectivity index is 1.67. The molecule has 1 aliphatic rings. The lowest BCUT2D eigenvalue weighted by Gasteiger charge is -2.30. The molecule has 2 aromatic rings. The number of benzene rings is 1. The Morgan fingerprint density at radius 2 is 2.00 bits per heavy atom. The molecule has 0 unspecified atom stereocenters. The van der Waals surface area contributed by atoms with Crippen LogP contribution in [0.5, 0.6) is 0 Å². The standard InChI is InChI=1S/C17H16ClF3N2O/c18-15-2-1-14-9-23(4-3-13(14)6-15)16-5-12(7-22-8-16)10-24-11-17(19,20)21/h1-2,5-8H,3-4,9-11H2. The van der Waals surface area contributed by atoms with Crippen molar-refractivity contribution in [2.75, 3.05) is 18.1 Å². The maximum absolute atomic E-state index is 12.1. The molecule has 1 aromatic heterocycles. The van der Waals surface area contributed by atoms with Gasteiger partial charge in [0.2, 0.25) is 0 Å². The second-order valence-corrected chi connectivity index (χ2v) is 6.18. The number of pyridine rings is 1. The molecule has 0 N–H and O–H groups in total. The van der Waals surface area contributed by atoms with Crippen LogP contribution in [-0.4, -0.2) is 24.3 Å². The second-order valence-electron chi connectivity index (χ2n) is 5.74. The van der Waals surface area contributed by atoms with Crippen molar-refractivity contribution in [3.05, 3.63) is 58.4 Å². The molecule has 1 aromatic carbocycles. The zero-order valence-corrected chi connectivity index (χ0v) is 13.6. The Labute approximate surface area is 143 Å². The number of aromatic nitrogens is 1. The number of alkyl halides is 3. The Bertz CT molecular complexity index is 721. The third kappa shape index (κ3) is 4.39. The van der Waals surface area contributed by atoms with E-state index in [9.17, 15) is 13.2 Å². The first-order valence-corrected chi connectivity index (χ1v) is 7.89.